The van der Waals surface area contributed by atoms with Crippen LogP contribution in [0.3, 0.4) is 0 Å². The third-order valence-electron chi connectivity index (χ3n) is 2.89. The summed E-state index contributed by atoms with van der Waals surface area (Å²) in [7, 11) is 0. The number of nitrogens with one attached hydrogen (secondary N) is 2. The summed E-state index contributed by atoms with van der Waals surface area (Å²) in [6.07, 6.45) is 3.16. The predicted molar refractivity (Wildman–Crippen MR) is 96.0 cm³/mol. The van der Waals surface area contributed by atoms with Crippen molar-refractivity contribution in [1.29, 1.82) is 0 Å². The maximum absolute atomic E-state index is 11.8. The van der Waals surface area contributed by atoms with Crippen molar-refractivity contribution in [2.45, 2.75) is 6.92 Å². The molecule has 0 atom stereocenters. The van der Waals surface area contributed by atoms with Gasteiger partial charge in [0.2, 0.25) is 5.91 Å². The predicted octanol–water partition coefficient (Wildman–Crippen LogP) is 4.17. The number of hydrogen-bond acceptors (Lipinski definition) is 2. The SMILES string of the molecule is Cc1ccc(NC(=S)NC(=O)/C=C/c2ccccc2)cc1Cl. The molecule has 3 nitrogen and oxygen atoms in total. The minimum absolute atomic E-state index is 0.225. The van der Waals surface area contributed by atoms with Crippen LogP contribution in [0.25, 0.3) is 6.08 Å². The molecule has 2 aromatic carbocycles. The van der Waals surface area contributed by atoms with Gasteiger partial charge in [0.1, 0.15) is 0 Å². The first-order valence-corrected chi connectivity index (χ1v) is 7.44. The van der Waals surface area contributed by atoms with E-state index < -0.39 is 0 Å². The van der Waals surface area contributed by atoms with Crippen molar-refractivity contribution in [2.75, 3.05) is 5.32 Å². The molecule has 0 fully saturated rings. The molecular formula is C17H15ClN2OS. The minimum Gasteiger partial charge on any atom is -0.332 e. The Morgan fingerprint density at radius 1 is 1.18 bits per heavy atom. The zero-order valence-corrected chi connectivity index (χ0v) is 13.5. The van der Waals surface area contributed by atoms with Crippen LogP contribution in [-0.4, -0.2) is 11.0 Å². The van der Waals surface area contributed by atoms with Crippen LogP contribution in [0.1, 0.15) is 11.1 Å². The van der Waals surface area contributed by atoms with E-state index in [4.69, 9.17) is 23.8 Å². The van der Waals surface area contributed by atoms with E-state index in [0.717, 1.165) is 16.8 Å². The highest BCUT2D eigenvalue weighted by atomic mass is 35.5. The summed E-state index contributed by atoms with van der Waals surface area (Å²) >= 11 is 11.1. The molecule has 112 valence electrons. The van der Waals surface area contributed by atoms with Gasteiger partial charge in [-0.05, 0) is 48.5 Å². The summed E-state index contributed by atoms with van der Waals surface area (Å²) in [6, 6.07) is 15.0. The van der Waals surface area contributed by atoms with E-state index in [9.17, 15) is 4.79 Å². The summed E-state index contributed by atoms with van der Waals surface area (Å²) in [5.74, 6) is -0.292. The Bertz CT molecular complexity index is 714. The molecule has 22 heavy (non-hydrogen) atoms. The Morgan fingerprint density at radius 2 is 1.91 bits per heavy atom. The van der Waals surface area contributed by atoms with Gasteiger partial charge in [0, 0.05) is 16.8 Å². The van der Waals surface area contributed by atoms with Crippen molar-refractivity contribution in [1.82, 2.24) is 5.32 Å². The highest BCUT2D eigenvalue weighted by Gasteiger charge is 2.03. The molecule has 0 heterocycles. The first-order chi connectivity index (χ1) is 10.5. The van der Waals surface area contributed by atoms with E-state index in [1.165, 1.54) is 6.08 Å². The Hall–Kier alpha value is -2.17. The van der Waals surface area contributed by atoms with Crippen LogP contribution in [-0.2, 0) is 4.79 Å². The van der Waals surface area contributed by atoms with Gasteiger partial charge in [0.15, 0.2) is 5.11 Å². The number of benzene rings is 2. The van der Waals surface area contributed by atoms with Crippen LogP contribution in [0.4, 0.5) is 5.69 Å². The highest BCUT2D eigenvalue weighted by Crippen LogP contribution is 2.19. The number of rotatable bonds is 3. The minimum atomic E-state index is -0.292. The lowest BCUT2D eigenvalue weighted by Crippen LogP contribution is -2.32. The zero-order chi connectivity index (χ0) is 15.9. The molecule has 0 unspecified atom stereocenters. The zero-order valence-electron chi connectivity index (χ0n) is 12.0. The Kier molecular flexibility index (Phi) is 5.69. The lowest BCUT2D eigenvalue weighted by Gasteiger charge is -2.09. The van der Waals surface area contributed by atoms with Gasteiger partial charge in [0.25, 0.3) is 0 Å². The van der Waals surface area contributed by atoms with Gasteiger partial charge in [-0.15, -0.1) is 0 Å². The second-order valence-corrected chi connectivity index (χ2v) is 5.47. The van der Waals surface area contributed by atoms with Crippen molar-refractivity contribution in [3.05, 3.63) is 70.8 Å². The number of anilines is 1. The normalized spacial score (nSPS) is 10.5. The molecule has 0 aliphatic carbocycles. The van der Waals surface area contributed by atoms with E-state index in [1.807, 2.05) is 49.4 Å². The standard InChI is InChI=1S/C17H15ClN2OS/c1-12-7-9-14(11-15(12)18)19-17(22)20-16(21)10-8-13-5-3-2-4-6-13/h2-11H,1H3,(H2,19,20,21,22)/b10-8+. The van der Waals surface area contributed by atoms with Gasteiger partial charge in [0.05, 0.1) is 0 Å². The Balaban J connectivity index is 1.90. The van der Waals surface area contributed by atoms with Gasteiger partial charge in [-0.2, -0.15) is 0 Å². The highest BCUT2D eigenvalue weighted by molar-refractivity contribution is 7.80. The first-order valence-electron chi connectivity index (χ1n) is 6.66. The maximum atomic E-state index is 11.8. The van der Waals surface area contributed by atoms with E-state index >= 15 is 0 Å². The van der Waals surface area contributed by atoms with Gasteiger partial charge in [-0.25, -0.2) is 0 Å². The summed E-state index contributed by atoms with van der Waals surface area (Å²) in [5.41, 5.74) is 2.66. The van der Waals surface area contributed by atoms with E-state index in [0.29, 0.717) is 5.02 Å². The lowest BCUT2D eigenvalue weighted by atomic mass is 10.2. The smallest absolute Gasteiger partial charge is 0.250 e. The van der Waals surface area contributed by atoms with Crippen LogP contribution in [0, 0.1) is 6.92 Å². The number of hydrogen-bond donors (Lipinski definition) is 2. The van der Waals surface area contributed by atoms with Crippen molar-refractivity contribution < 1.29 is 4.79 Å². The fourth-order valence-corrected chi connectivity index (χ4v) is 2.12. The number of carbonyl (C=O) groups is 1. The summed E-state index contributed by atoms with van der Waals surface area (Å²) in [5, 5.41) is 6.37. The monoisotopic (exact) mass is 330 g/mol. The summed E-state index contributed by atoms with van der Waals surface area (Å²) in [4.78, 5) is 11.8. The molecule has 0 aromatic heterocycles. The van der Waals surface area contributed by atoms with Crippen LogP contribution in [0.5, 0.6) is 0 Å². The number of thiocarbonyl (C=S) groups is 1. The van der Waals surface area contributed by atoms with Crippen LogP contribution >= 0.6 is 23.8 Å². The van der Waals surface area contributed by atoms with E-state index in [1.54, 1.807) is 12.1 Å². The molecule has 0 saturated heterocycles. The maximum Gasteiger partial charge on any atom is 0.250 e. The summed E-state index contributed by atoms with van der Waals surface area (Å²) in [6.45, 7) is 1.92. The number of halogens is 1. The molecule has 0 saturated carbocycles. The van der Waals surface area contributed by atoms with Crippen LogP contribution < -0.4 is 10.6 Å². The van der Waals surface area contributed by atoms with E-state index in [-0.39, 0.29) is 11.0 Å². The molecule has 0 aliphatic heterocycles. The molecule has 0 aliphatic rings. The van der Waals surface area contributed by atoms with Crippen molar-refractivity contribution in [3.63, 3.8) is 0 Å². The third-order valence-corrected chi connectivity index (χ3v) is 3.50. The topological polar surface area (TPSA) is 41.1 Å². The molecule has 0 bridgehead atoms. The Labute approximate surface area is 140 Å². The number of amides is 1. The fraction of sp³-hybridized carbons (Fsp3) is 0.0588. The largest absolute Gasteiger partial charge is 0.332 e. The molecule has 2 rings (SSSR count). The molecule has 0 radical (unpaired) electrons. The second-order valence-electron chi connectivity index (χ2n) is 4.65. The van der Waals surface area contributed by atoms with Crippen LogP contribution in [0.2, 0.25) is 5.02 Å². The number of aryl methyl sites for hydroxylation is 1. The average molecular weight is 331 g/mol. The van der Waals surface area contributed by atoms with Gasteiger partial charge in [-0.3, -0.25) is 10.1 Å². The molecule has 1 amide bonds. The van der Waals surface area contributed by atoms with E-state index in [2.05, 4.69) is 10.6 Å². The van der Waals surface area contributed by atoms with Gasteiger partial charge >= 0.3 is 0 Å². The average Bonchev–Trinajstić information content (AvgIpc) is 2.50. The molecular weight excluding hydrogens is 316 g/mol. The van der Waals surface area contributed by atoms with Crippen molar-refractivity contribution >= 4 is 46.6 Å². The number of carbonyl (C=O) groups excluding carboxylic acids is 1. The molecule has 2 aromatic rings. The van der Waals surface area contributed by atoms with Crippen molar-refractivity contribution in [3.8, 4) is 0 Å². The lowest BCUT2D eigenvalue weighted by molar-refractivity contribution is -0.115. The third kappa shape index (κ3) is 4.98. The quantitative estimate of drug-likeness (QED) is 0.655. The molecule has 2 N–H and O–H groups in total. The Morgan fingerprint density at radius 3 is 2.59 bits per heavy atom. The van der Waals surface area contributed by atoms with Crippen LogP contribution in [0.15, 0.2) is 54.6 Å². The molecule has 0 spiro atoms. The summed E-state index contributed by atoms with van der Waals surface area (Å²) < 4.78 is 0. The van der Waals surface area contributed by atoms with Gasteiger partial charge < -0.3 is 5.32 Å². The van der Waals surface area contributed by atoms with Gasteiger partial charge in [-0.1, -0.05) is 48.0 Å². The first kappa shape index (κ1) is 16.2. The molecule has 5 heteroatoms. The second kappa shape index (κ2) is 7.73. The van der Waals surface area contributed by atoms with Crippen molar-refractivity contribution in [2.24, 2.45) is 0 Å². The fourth-order valence-electron chi connectivity index (χ4n) is 1.72.